The summed E-state index contributed by atoms with van der Waals surface area (Å²) in [5.41, 5.74) is 3.61. The van der Waals surface area contributed by atoms with Crippen LogP contribution in [0, 0.1) is 0 Å². The number of Topliss-reactive ketones (excluding diaryl/α,β-unsaturated/α-hetero) is 2. The summed E-state index contributed by atoms with van der Waals surface area (Å²) in [7, 11) is -1.42. The maximum atomic E-state index is 13.6. The molecule has 0 aliphatic heterocycles. The van der Waals surface area contributed by atoms with Crippen molar-refractivity contribution in [1.82, 2.24) is 0 Å². The highest BCUT2D eigenvalue weighted by Gasteiger charge is 2.21. The molecule has 0 saturated heterocycles. The second-order valence-electron chi connectivity index (χ2n) is 15.5. The maximum absolute atomic E-state index is 13.6. The number of carbonyl (C=O) groups is 4. The Morgan fingerprint density at radius 2 is 0.620 bits per heavy atom. The summed E-state index contributed by atoms with van der Waals surface area (Å²) in [4.78, 5) is 48.9. The van der Waals surface area contributed by atoms with E-state index in [2.05, 4.69) is 0 Å². The Bertz CT molecular complexity index is 3110. The molecule has 8 rings (SSSR count). The lowest BCUT2D eigenvalue weighted by atomic mass is 10.00. The molecule has 0 aromatic heterocycles. The predicted molar refractivity (Wildman–Crippen MR) is 261 cm³/mol. The molecule has 8 aromatic rings. The molecule has 0 unspecified atom stereocenters. The zero-order valence-electron chi connectivity index (χ0n) is 37.9. The van der Waals surface area contributed by atoms with Gasteiger partial charge in [-0.2, -0.15) is 0 Å². The van der Waals surface area contributed by atoms with Gasteiger partial charge in [-0.1, -0.05) is 48.5 Å². The molecular weight excluding hydrogens is 929 g/mol. The van der Waals surface area contributed by atoms with Crippen LogP contribution in [0.15, 0.2) is 192 Å². The first-order valence-corrected chi connectivity index (χ1v) is 23.1. The lowest BCUT2D eigenvalue weighted by Gasteiger charge is -2.11. The van der Waals surface area contributed by atoms with Crippen LogP contribution in [0.25, 0.3) is 22.3 Å². The SMILES string of the molecule is COC(=O)c1ccc(Oc2ccc(-c3ccc(Oc4ccc(S(=O)(=O)c5ccc(Oc6ccc(-c7ccc(Oc8ccc(C(=O)CO)c(C(=O)CO)c8)cc7)cc6)cc5)cc4)cc3)cc2)cc1C(=O)OC. The van der Waals surface area contributed by atoms with Crippen LogP contribution in [0.4, 0.5) is 0 Å². The highest BCUT2D eigenvalue weighted by Crippen LogP contribution is 2.34. The molecule has 2 N–H and O–H groups in total. The summed E-state index contributed by atoms with van der Waals surface area (Å²) in [5.74, 6) is 0.842. The van der Waals surface area contributed by atoms with Gasteiger partial charge in [-0.3, -0.25) is 9.59 Å². The van der Waals surface area contributed by atoms with Crippen LogP contribution >= 0.6 is 0 Å². The van der Waals surface area contributed by atoms with E-state index in [9.17, 15) is 37.8 Å². The van der Waals surface area contributed by atoms with Gasteiger partial charge in [0, 0.05) is 11.1 Å². The van der Waals surface area contributed by atoms with Gasteiger partial charge in [0.05, 0.1) is 35.1 Å². The lowest BCUT2D eigenvalue weighted by Crippen LogP contribution is -2.14. The molecule has 0 saturated carbocycles. The maximum Gasteiger partial charge on any atom is 0.338 e. The summed E-state index contributed by atoms with van der Waals surface area (Å²) in [5, 5.41) is 18.6. The summed E-state index contributed by atoms with van der Waals surface area (Å²) in [6.45, 7) is -1.58. The Labute approximate surface area is 407 Å². The Morgan fingerprint density at radius 1 is 0.352 bits per heavy atom. The molecule has 0 bridgehead atoms. The van der Waals surface area contributed by atoms with Crippen molar-refractivity contribution in [3.05, 3.63) is 204 Å². The predicted octanol–water partition coefficient (Wildman–Crippen LogP) is 10.9. The number of carbonyl (C=O) groups excluding carboxylic acids is 4. The van der Waals surface area contributed by atoms with Gasteiger partial charge in [0.25, 0.3) is 0 Å². The average Bonchev–Trinajstić information content (AvgIpc) is 3.41. The molecule has 0 aliphatic rings. The number of benzene rings is 8. The molecule has 71 heavy (non-hydrogen) atoms. The van der Waals surface area contributed by atoms with Crippen LogP contribution in [-0.2, 0) is 19.3 Å². The van der Waals surface area contributed by atoms with E-state index < -0.39 is 46.6 Å². The lowest BCUT2D eigenvalue weighted by molar-refractivity contribution is 0.0555. The van der Waals surface area contributed by atoms with Crippen LogP contribution in [0.3, 0.4) is 0 Å². The molecule has 0 fully saturated rings. The molecule has 0 heterocycles. The number of ether oxygens (including phenoxy) is 6. The number of hydrogen-bond acceptors (Lipinski definition) is 14. The molecular formula is C56H42O14S. The molecule has 356 valence electrons. The summed E-state index contributed by atoms with van der Waals surface area (Å²) in [6, 6.07) is 50.1. The van der Waals surface area contributed by atoms with Crippen LogP contribution in [0.1, 0.15) is 41.4 Å². The first-order chi connectivity index (χ1) is 34.3. The zero-order chi connectivity index (χ0) is 50.1. The zero-order valence-corrected chi connectivity index (χ0v) is 38.8. The Morgan fingerprint density at radius 3 is 0.958 bits per heavy atom. The van der Waals surface area contributed by atoms with E-state index in [-0.39, 0.29) is 37.8 Å². The van der Waals surface area contributed by atoms with Crippen molar-refractivity contribution >= 4 is 33.3 Å². The van der Waals surface area contributed by atoms with Crippen molar-refractivity contribution in [2.45, 2.75) is 9.79 Å². The first kappa shape index (κ1) is 48.6. The van der Waals surface area contributed by atoms with Gasteiger partial charge in [0.15, 0.2) is 11.6 Å². The molecule has 0 spiro atoms. The van der Waals surface area contributed by atoms with Gasteiger partial charge < -0.3 is 38.6 Å². The molecule has 0 amide bonds. The molecule has 0 aliphatic carbocycles. The number of methoxy groups -OCH3 is 2. The van der Waals surface area contributed by atoms with Crippen molar-refractivity contribution in [3.63, 3.8) is 0 Å². The monoisotopic (exact) mass is 970 g/mol. The van der Waals surface area contributed by atoms with Crippen LogP contribution in [0.2, 0.25) is 0 Å². The second kappa shape index (κ2) is 21.6. The smallest absolute Gasteiger partial charge is 0.338 e. The second-order valence-corrected chi connectivity index (χ2v) is 17.5. The van der Waals surface area contributed by atoms with Crippen molar-refractivity contribution < 1.29 is 66.2 Å². The molecule has 8 aromatic carbocycles. The number of esters is 2. The molecule has 0 radical (unpaired) electrons. The van der Waals surface area contributed by atoms with Crippen molar-refractivity contribution in [2.75, 3.05) is 27.4 Å². The number of ketones is 2. The van der Waals surface area contributed by atoms with Gasteiger partial charge in [0.1, 0.15) is 59.2 Å². The van der Waals surface area contributed by atoms with E-state index in [0.29, 0.717) is 40.2 Å². The largest absolute Gasteiger partial charge is 0.465 e. The minimum Gasteiger partial charge on any atom is -0.465 e. The Hall–Kier alpha value is -8.89. The van der Waals surface area contributed by atoms with Crippen molar-refractivity contribution in [2.24, 2.45) is 0 Å². The number of aliphatic hydroxyl groups excluding tert-OH is 2. The fourth-order valence-corrected chi connectivity index (χ4v) is 8.56. The van der Waals surface area contributed by atoms with E-state index in [4.69, 9.17) is 28.4 Å². The van der Waals surface area contributed by atoms with E-state index in [1.807, 2.05) is 48.5 Å². The minimum atomic E-state index is -3.87. The molecule has 0 atom stereocenters. The van der Waals surface area contributed by atoms with Crippen LogP contribution in [0.5, 0.6) is 46.0 Å². The van der Waals surface area contributed by atoms with Crippen molar-refractivity contribution in [1.29, 1.82) is 0 Å². The number of sulfone groups is 1. The third kappa shape index (κ3) is 11.4. The quantitative estimate of drug-likeness (QED) is 0.0608. The minimum absolute atomic E-state index is 0.000241. The van der Waals surface area contributed by atoms with Crippen LogP contribution in [-0.4, -0.2) is 69.6 Å². The topological polar surface area (TPSA) is 198 Å². The first-order valence-electron chi connectivity index (χ1n) is 21.7. The Kier molecular flexibility index (Phi) is 14.8. The van der Waals surface area contributed by atoms with Gasteiger partial charge >= 0.3 is 11.9 Å². The molecule has 15 heteroatoms. The van der Waals surface area contributed by atoms with E-state index in [0.717, 1.165) is 22.3 Å². The summed E-state index contributed by atoms with van der Waals surface area (Å²) < 4.78 is 60.6. The van der Waals surface area contributed by atoms with Gasteiger partial charge in [0.2, 0.25) is 9.84 Å². The van der Waals surface area contributed by atoms with E-state index in [1.54, 1.807) is 78.9 Å². The van der Waals surface area contributed by atoms with Crippen LogP contribution < -0.4 is 18.9 Å². The van der Waals surface area contributed by atoms with E-state index in [1.165, 1.54) is 68.8 Å². The third-order valence-electron chi connectivity index (χ3n) is 11.0. The average molecular weight is 971 g/mol. The highest BCUT2D eigenvalue weighted by molar-refractivity contribution is 7.91. The van der Waals surface area contributed by atoms with E-state index >= 15 is 0 Å². The summed E-state index contributed by atoms with van der Waals surface area (Å²) >= 11 is 0. The Balaban J connectivity index is 0.835. The highest BCUT2D eigenvalue weighted by atomic mass is 32.2. The van der Waals surface area contributed by atoms with Gasteiger partial charge in [-0.25, -0.2) is 18.0 Å². The van der Waals surface area contributed by atoms with Crippen molar-refractivity contribution in [3.8, 4) is 68.2 Å². The molecule has 14 nitrogen and oxygen atoms in total. The number of hydrogen-bond donors (Lipinski definition) is 2. The number of aliphatic hydroxyl groups is 2. The standard InChI is InChI=1S/C56H42O14S/c1-65-55(61)50-30-24-46(32-52(50)56(62)66-2)70-42-17-9-38(10-18-42)36-5-13-40(14-6-36)68-44-21-27-48(28-22-44)71(63,64)47-25-19-43(20-26-47)67-39-11-3-35(4-12-39)37-7-15-41(16-8-37)69-45-23-29-49(53(59)33-57)51(31-45)54(60)34-58/h3-32,57-58H,33-34H2,1-2H3. The van der Waals surface area contributed by atoms with Gasteiger partial charge in [-0.05, 0) is 156 Å². The van der Waals surface area contributed by atoms with Gasteiger partial charge in [-0.15, -0.1) is 0 Å². The fraction of sp³-hybridized carbons (Fsp3) is 0.0714. The summed E-state index contributed by atoms with van der Waals surface area (Å²) in [6.07, 6.45) is 0. The number of rotatable bonds is 18. The third-order valence-corrected chi connectivity index (χ3v) is 12.8. The fourth-order valence-electron chi connectivity index (χ4n) is 7.30. The normalized spacial score (nSPS) is 11.0.